The highest BCUT2D eigenvalue weighted by molar-refractivity contribution is 9.10. The molecule has 0 aliphatic heterocycles. The molecule has 88 valence electrons. The summed E-state index contributed by atoms with van der Waals surface area (Å²) < 4.78 is 6.65. The van der Waals surface area contributed by atoms with E-state index in [0.717, 1.165) is 16.0 Å². The van der Waals surface area contributed by atoms with Gasteiger partial charge in [0.05, 0.1) is 4.47 Å². The molecule has 0 aliphatic carbocycles. The molecule has 0 saturated carbocycles. The predicted octanol–water partition coefficient (Wildman–Crippen LogP) is 4.44. The van der Waals surface area contributed by atoms with Crippen LogP contribution in [0, 0.1) is 13.8 Å². The van der Waals surface area contributed by atoms with Gasteiger partial charge < -0.3 is 10.5 Å². The largest absolute Gasteiger partial charge is 0.456 e. The van der Waals surface area contributed by atoms with E-state index in [1.54, 1.807) is 0 Å². The maximum Gasteiger partial charge on any atom is 0.141 e. The van der Waals surface area contributed by atoms with E-state index in [2.05, 4.69) is 35.8 Å². The first kappa shape index (κ1) is 12.0. The van der Waals surface area contributed by atoms with Crippen molar-refractivity contribution in [2.24, 2.45) is 0 Å². The number of aryl methyl sites for hydroxylation is 2. The summed E-state index contributed by atoms with van der Waals surface area (Å²) in [6.07, 6.45) is 0. The van der Waals surface area contributed by atoms with E-state index in [1.807, 2.05) is 30.3 Å². The van der Waals surface area contributed by atoms with Crippen molar-refractivity contribution in [1.82, 2.24) is 0 Å². The molecule has 0 fully saturated rings. The van der Waals surface area contributed by atoms with Crippen LogP contribution >= 0.6 is 15.9 Å². The fourth-order valence-electron chi connectivity index (χ4n) is 1.50. The van der Waals surface area contributed by atoms with Crippen LogP contribution in [0.2, 0.25) is 0 Å². The summed E-state index contributed by atoms with van der Waals surface area (Å²) in [6, 6.07) is 11.5. The average Bonchev–Trinajstić information content (AvgIpc) is 2.27. The zero-order chi connectivity index (χ0) is 12.4. The molecule has 0 spiro atoms. The molecule has 3 heteroatoms. The van der Waals surface area contributed by atoms with Crippen LogP contribution in [-0.4, -0.2) is 0 Å². The number of nitrogen functional groups attached to an aromatic ring is 1. The lowest BCUT2D eigenvalue weighted by atomic mass is 10.1. The highest BCUT2D eigenvalue weighted by Gasteiger charge is 2.04. The molecule has 0 aromatic heterocycles. The van der Waals surface area contributed by atoms with Gasteiger partial charge in [-0.2, -0.15) is 0 Å². The second-order valence-corrected chi connectivity index (χ2v) is 4.89. The van der Waals surface area contributed by atoms with Crippen LogP contribution in [0.4, 0.5) is 5.69 Å². The third kappa shape index (κ3) is 2.80. The second kappa shape index (κ2) is 4.80. The Kier molecular flexibility index (Phi) is 3.38. The van der Waals surface area contributed by atoms with Gasteiger partial charge in [0.25, 0.3) is 0 Å². The van der Waals surface area contributed by atoms with Crippen LogP contribution < -0.4 is 10.5 Å². The van der Waals surface area contributed by atoms with Gasteiger partial charge >= 0.3 is 0 Å². The fourth-order valence-corrected chi connectivity index (χ4v) is 1.98. The Morgan fingerprint density at radius 1 is 1.00 bits per heavy atom. The molecule has 0 aliphatic rings. The Morgan fingerprint density at radius 3 is 2.41 bits per heavy atom. The molecule has 17 heavy (non-hydrogen) atoms. The van der Waals surface area contributed by atoms with Gasteiger partial charge in [-0.1, -0.05) is 6.07 Å². The second-order valence-electron chi connectivity index (χ2n) is 4.04. The third-order valence-corrected chi connectivity index (χ3v) is 3.28. The number of benzene rings is 2. The van der Waals surface area contributed by atoms with Crippen molar-refractivity contribution in [2.75, 3.05) is 5.73 Å². The summed E-state index contributed by atoms with van der Waals surface area (Å²) in [4.78, 5) is 0. The van der Waals surface area contributed by atoms with E-state index in [4.69, 9.17) is 10.5 Å². The lowest BCUT2D eigenvalue weighted by Crippen LogP contribution is -1.90. The summed E-state index contributed by atoms with van der Waals surface area (Å²) in [5.74, 6) is 1.60. The van der Waals surface area contributed by atoms with E-state index in [-0.39, 0.29) is 0 Å². The Bertz CT molecular complexity index is 552. The molecule has 2 nitrogen and oxygen atoms in total. The van der Waals surface area contributed by atoms with Gasteiger partial charge in [-0.25, -0.2) is 0 Å². The lowest BCUT2D eigenvalue weighted by molar-refractivity contribution is 0.479. The summed E-state index contributed by atoms with van der Waals surface area (Å²) in [6.45, 7) is 4.15. The standard InChI is InChI=1S/C14H14BrNO/c1-9-3-5-12(7-10(9)2)17-14-6-4-11(16)8-13(14)15/h3-8H,16H2,1-2H3. The van der Waals surface area contributed by atoms with Crippen LogP contribution in [0.5, 0.6) is 11.5 Å². The normalized spacial score (nSPS) is 10.3. The van der Waals surface area contributed by atoms with Crippen LogP contribution in [0.25, 0.3) is 0 Å². The SMILES string of the molecule is Cc1ccc(Oc2ccc(N)cc2Br)cc1C. The number of rotatable bonds is 2. The molecule has 0 bridgehead atoms. The highest BCUT2D eigenvalue weighted by Crippen LogP contribution is 2.31. The van der Waals surface area contributed by atoms with E-state index >= 15 is 0 Å². The molecule has 2 aromatic rings. The number of hydrogen-bond acceptors (Lipinski definition) is 2. The molecular formula is C14H14BrNO. The highest BCUT2D eigenvalue weighted by atomic mass is 79.9. The van der Waals surface area contributed by atoms with Crippen molar-refractivity contribution in [1.29, 1.82) is 0 Å². The minimum Gasteiger partial charge on any atom is -0.456 e. The molecular weight excluding hydrogens is 278 g/mol. The molecule has 0 radical (unpaired) electrons. The number of hydrogen-bond donors (Lipinski definition) is 1. The Hall–Kier alpha value is -1.48. The summed E-state index contributed by atoms with van der Waals surface area (Å²) in [5, 5.41) is 0. The van der Waals surface area contributed by atoms with Crippen molar-refractivity contribution in [3.8, 4) is 11.5 Å². The number of nitrogens with two attached hydrogens (primary N) is 1. The molecule has 0 saturated heterocycles. The lowest BCUT2D eigenvalue weighted by Gasteiger charge is -2.09. The van der Waals surface area contributed by atoms with E-state index < -0.39 is 0 Å². The van der Waals surface area contributed by atoms with Crippen molar-refractivity contribution >= 4 is 21.6 Å². The zero-order valence-electron chi connectivity index (χ0n) is 9.83. The van der Waals surface area contributed by atoms with E-state index in [0.29, 0.717) is 5.69 Å². The van der Waals surface area contributed by atoms with Crippen LogP contribution in [0.15, 0.2) is 40.9 Å². The molecule has 2 N–H and O–H groups in total. The molecule has 0 atom stereocenters. The first-order chi connectivity index (χ1) is 8.06. The first-order valence-corrected chi connectivity index (χ1v) is 6.15. The van der Waals surface area contributed by atoms with E-state index in [1.165, 1.54) is 11.1 Å². The van der Waals surface area contributed by atoms with Crippen LogP contribution in [-0.2, 0) is 0 Å². The Labute approximate surface area is 110 Å². The van der Waals surface area contributed by atoms with Crippen LogP contribution in [0.1, 0.15) is 11.1 Å². The summed E-state index contributed by atoms with van der Waals surface area (Å²) >= 11 is 3.43. The summed E-state index contributed by atoms with van der Waals surface area (Å²) in [7, 11) is 0. The summed E-state index contributed by atoms with van der Waals surface area (Å²) in [5.41, 5.74) is 8.87. The van der Waals surface area contributed by atoms with Gasteiger partial charge in [-0.15, -0.1) is 0 Å². The van der Waals surface area contributed by atoms with Gasteiger partial charge in [0.1, 0.15) is 11.5 Å². The van der Waals surface area contributed by atoms with Gasteiger partial charge in [0.15, 0.2) is 0 Å². The Balaban J connectivity index is 2.28. The fraction of sp³-hybridized carbons (Fsp3) is 0.143. The smallest absolute Gasteiger partial charge is 0.141 e. The molecule has 0 unspecified atom stereocenters. The first-order valence-electron chi connectivity index (χ1n) is 5.36. The average molecular weight is 292 g/mol. The maximum absolute atomic E-state index is 5.80. The number of ether oxygens (including phenoxy) is 1. The topological polar surface area (TPSA) is 35.2 Å². The minimum atomic E-state index is 0.712. The van der Waals surface area contributed by atoms with Gasteiger partial charge in [-0.3, -0.25) is 0 Å². The van der Waals surface area contributed by atoms with Crippen LogP contribution in [0.3, 0.4) is 0 Å². The molecule has 0 heterocycles. The van der Waals surface area contributed by atoms with Crippen molar-refractivity contribution in [2.45, 2.75) is 13.8 Å². The maximum atomic E-state index is 5.80. The predicted molar refractivity (Wildman–Crippen MR) is 74.5 cm³/mol. The molecule has 2 rings (SSSR count). The van der Waals surface area contributed by atoms with Gasteiger partial charge in [0.2, 0.25) is 0 Å². The van der Waals surface area contributed by atoms with Crippen molar-refractivity contribution in [3.05, 3.63) is 52.0 Å². The van der Waals surface area contributed by atoms with Gasteiger partial charge in [-0.05, 0) is 71.2 Å². The van der Waals surface area contributed by atoms with Crippen molar-refractivity contribution < 1.29 is 4.74 Å². The minimum absolute atomic E-state index is 0.712. The third-order valence-electron chi connectivity index (χ3n) is 2.66. The molecule has 0 amide bonds. The number of anilines is 1. The Morgan fingerprint density at radius 2 is 1.76 bits per heavy atom. The van der Waals surface area contributed by atoms with E-state index in [9.17, 15) is 0 Å². The number of halogens is 1. The molecule has 2 aromatic carbocycles. The quantitative estimate of drug-likeness (QED) is 0.830. The monoisotopic (exact) mass is 291 g/mol. The van der Waals surface area contributed by atoms with Gasteiger partial charge in [0, 0.05) is 5.69 Å². The zero-order valence-corrected chi connectivity index (χ0v) is 11.4. The van der Waals surface area contributed by atoms with Crippen molar-refractivity contribution in [3.63, 3.8) is 0 Å².